The number of amides is 4. The van der Waals surface area contributed by atoms with Crippen molar-refractivity contribution in [3.8, 4) is 11.4 Å². The van der Waals surface area contributed by atoms with Gasteiger partial charge in [0.25, 0.3) is 5.91 Å². The molecule has 4 amide bonds. The number of imide groups is 1. The minimum atomic E-state index is -0.471. The largest absolute Gasteiger partial charge is 0.345 e. The molecule has 140 valence electrons. The number of aromatic amines is 1. The molecule has 1 saturated heterocycles. The van der Waals surface area contributed by atoms with Crippen LogP contribution in [-0.2, 0) is 11.3 Å². The predicted molar refractivity (Wildman–Crippen MR) is 100 cm³/mol. The molecule has 0 aliphatic carbocycles. The molecular weight excluding hydrogens is 360 g/mol. The first kappa shape index (κ1) is 17.4. The van der Waals surface area contributed by atoms with Crippen molar-refractivity contribution < 1.29 is 14.4 Å². The second-order valence-electron chi connectivity index (χ2n) is 6.14. The molecule has 0 saturated carbocycles. The van der Waals surface area contributed by atoms with Crippen LogP contribution >= 0.6 is 0 Å². The minimum absolute atomic E-state index is 0.0282. The number of urea groups is 1. The molecule has 1 fully saturated rings. The Morgan fingerprint density at radius 2 is 1.82 bits per heavy atom. The lowest BCUT2D eigenvalue weighted by atomic mass is 10.2. The molecule has 3 aromatic rings. The number of carbonyl (C=O) groups is 3. The molecule has 0 unspecified atom stereocenters. The molecule has 2 aromatic carbocycles. The molecule has 3 N–H and O–H groups in total. The third-order valence-electron chi connectivity index (χ3n) is 4.21. The molecule has 9 nitrogen and oxygen atoms in total. The lowest BCUT2D eigenvalue weighted by molar-refractivity contribution is -0.117. The standard InChI is InChI=1S/C19H16N6O3/c26-16-11-25(19(28)22-16)14-8-6-13(7-9-14)18(27)20-10-15-21-17(24-23-15)12-4-2-1-3-5-12/h1-9H,10-11H2,(H,20,27)(H,21,23,24)(H,22,26,28). The van der Waals surface area contributed by atoms with E-state index in [1.54, 1.807) is 24.3 Å². The summed E-state index contributed by atoms with van der Waals surface area (Å²) in [6, 6.07) is 15.5. The van der Waals surface area contributed by atoms with E-state index in [9.17, 15) is 14.4 Å². The van der Waals surface area contributed by atoms with Gasteiger partial charge in [0.15, 0.2) is 5.82 Å². The molecule has 0 atom stereocenters. The highest BCUT2D eigenvalue weighted by Crippen LogP contribution is 2.18. The smallest absolute Gasteiger partial charge is 0.329 e. The predicted octanol–water partition coefficient (Wildman–Crippen LogP) is 1.46. The topological polar surface area (TPSA) is 120 Å². The second kappa shape index (κ2) is 7.31. The van der Waals surface area contributed by atoms with E-state index in [1.807, 2.05) is 30.3 Å². The van der Waals surface area contributed by atoms with Crippen LogP contribution in [0.1, 0.15) is 16.2 Å². The number of aromatic nitrogens is 3. The molecule has 4 rings (SSSR count). The van der Waals surface area contributed by atoms with Crippen LogP contribution < -0.4 is 15.5 Å². The normalized spacial score (nSPS) is 13.5. The van der Waals surface area contributed by atoms with Crippen molar-refractivity contribution in [2.45, 2.75) is 6.54 Å². The monoisotopic (exact) mass is 376 g/mol. The first-order valence-electron chi connectivity index (χ1n) is 8.56. The fourth-order valence-corrected chi connectivity index (χ4v) is 2.80. The zero-order valence-corrected chi connectivity index (χ0v) is 14.7. The van der Waals surface area contributed by atoms with Crippen LogP contribution in [0, 0.1) is 0 Å². The van der Waals surface area contributed by atoms with Gasteiger partial charge in [-0.3, -0.25) is 24.9 Å². The summed E-state index contributed by atoms with van der Waals surface area (Å²) in [5.41, 5.74) is 1.86. The Kier molecular flexibility index (Phi) is 4.55. The third kappa shape index (κ3) is 3.58. The van der Waals surface area contributed by atoms with Gasteiger partial charge in [0, 0.05) is 16.8 Å². The summed E-state index contributed by atoms with van der Waals surface area (Å²) in [5, 5.41) is 11.9. The molecule has 0 spiro atoms. The number of hydrogen-bond acceptors (Lipinski definition) is 5. The van der Waals surface area contributed by atoms with Gasteiger partial charge in [-0.05, 0) is 24.3 Å². The van der Waals surface area contributed by atoms with Gasteiger partial charge in [-0.15, -0.1) is 0 Å². The van der Waals surface area contributed by atoms with E-state index in [2.05, 4.69) is 25.8 Å². The van der Waals surface area contributed by atoms with Crippen molar-refractivity contribution in [3.05, 3.63) is 66.0 Å². The fourth-order valence-electron chi connectivity index (χ4n) is 2.80. The van der Waals surface area contributed by atoms with Gasteiger partial charge < -0.3 is 5.32 Å². The summed E-state index contributed by atoms with van der Waals surface area (Å²) in [7, 11) is 0. The zero-order chi connectivity index (χ0) is 19.5. The molecule has 0 bridgehead atoms. The van der Waals surface area contributed by atoms with Crippen molar-refractivity contribution in [2.75, 3.05) is 11.4 Å². The number of hydrogen-bond donors (Lipinski definition) is 3. The van der Waals surface area contributed by atoms with Crippen LogP contribution in [0.15, 0.2) is 54.6 Å². The van der Waals surface area contributed by atoms with Crippen LogP contribution in [0.25, 0.3) is 11.4 Å². The van der Waals surface area contributed by atoms with Gasteiger partial charge in [-0.1, -0.05) is 30.3 Å². The van der Waals surface area contributed by atoms with Crippen LogP contribution in [0.5, 0.6) is 0 Å². The van der Waals surface area contributed by atoms with Crippen LogP contribution in [0.4, 0.5) is 10.5 Å². The number of anilines is 1. The van der Waals surface area contributed by atoms with Crippen LogP contribution in [0.3, 0.4) is 0 Å². The maximum Gasteiger partial charge on any atom is 0.329 e. The van der Waals surface area contributed by atoms with Crippen molar-refractivity contribution >= 4 is 23.5 Å². The van der Waals surface area contributed by atoms with E-state index in [1.165, 1.54) is 4.90 Å². The van der Waals surface area contributed by atoms with Crippen molar-refractivity contribution in [1.82, 2.24) is 25.8 Å². The molecular formula is C19H16N6O3. The quantitative estimate of drug-likeness (QED) is 0.582. The summed E-state index contributed by atoms with van der Waals surface area (Å²) in [6.07, 6.45) is 0. The Balaban J connectivity index is 1.37. The number of carbonyl (C=O) groups excluding carboxylic acids is 3. The van der Waals surface area contributed by atoms with Crippen LogP contribution in [0.2, 0.25) is 0 Å². The SMILES string of the molecule is O=C1CN(c2ccc(C(=O)NCc3nc(-c4ccccc4)n[nH]3)cc2)C(=O)N1. The van der Waals surface area contributed by atoms with Gasteiger partial charge in [-0.25, -0.2) is 9.78 Å². The number of H-pyrrole nitrogens is 1. The summed E-state index contributed by atoms with van der Waals surface area (Å²) in [5.74, 6) is 0.462. The maximum absolute atomic E-state index is 12.3. The summed E-state index contributed by atoms with van der Waals surface area (Å²) < 4.78 is 0. The summed E-state index contributed by atoms with van der Waals surface area (Å²) in [4.78, 5) is 40.9. The maximum atomic E-state index is 12.3. The minimum Gasteiger partial charge on any atom is -0.345 e. The van der Waals surface area contributed by atoms with Gasteiger partial charge in [0.05, 0.1) is 6.54 Å². The molecule has 1 aromatic heterocycles. The highest BCUT2D eigenvalue weighted by atomic mass is 16.2. The molecule has 1 aliphatic rings. The average Bonchev–Trinajstić information content (AvgIpc) is 3.33. The Hall–Kier alpha value is -4.01. The van der Waals surface area contributed by atoms with E-state index in [-0.39, 0.29) is 24.9 Å². The van der Waals surface area contributed by atoms with Gasteiger partial charge in [-0.2, -0.15) is 5.10 Å². The Labute approximate surface area is 159 Å². The number of nitrogens with zero attached hydrogens (tertiary/aromatic N) is 3. The van der Waals surface area contributed by atoms with Gasteiger partial charge >= 0.3 is 6.03 Å². The first-order valence-corrected chi connectivity index (χ1v) is 8.56. The lowest BCUT2D eigenvalue weighted by Crippen LogP contribution is -2.28. The molecule has 2 heterocycles. The molecule has 9 heteroatoms. The van der Waals surface area contributed by atoms with E-state index < -0.39 is 6.03 Å². The molecule has 1 aliphatic heterocycles. The first-order chi connectivity index (χ1) is 13.6. The van der Waals surface area contributed by atoms with Gasteiger partial charge in [0.1, 0.15) is 12.4 Å². The number of nitrogens with one attached hydrogen (secondary N) is 3. The molecule has 0 radical (unpaired) electrons. The highest BCUT2D eigenvalue weighted by Gasteiger charge is 2.27. The van der Waals surface area contributed by atoms with E-state index in [0.29, 0.717) is 22.9 Å². The summed E-state index contributed by atoms with van der Waals surface area (Å²) in [6.45, 7) is 0.170. The Morgan fingerprint density at radius 1 is 1.07 bits per heavy atom. The van der Waals surface area contributed by atoms with Gasteiger partial charge in [0.2, 0.25) is 5.91 Å². The van der Waals surface area contributed by atoms with E-state index >= 15 is 0 Å². The van der Waals surface area contributed by atoms with E-state index in [0.717, 1.165) is 5.56 Å². The second-order valence-corrected chi connectivity index (χ2v) is 6.14. The lowest BCUT2D eigenvalue weighted by Gasteiger charge is -2.13. The molecule has 28 heavy (non-hydrogen) atoms. The third-order valence-corrected chi connectivity index (χ3v) is 4.21. The Bertz CT molecular complexity index is 1030. The van der Waals surface area contributed by atoms with Crippen LogP contribution in [-0.4, -0.2) is 39.6 Å². The van der Waals surface area contributed by atoms with Crippen molar-refractivity contribution in [2.24, 2.45) is 0 Å². The number of benzene rings is 2. The summed E-state index contributed by atoms with van der Waals surface area (Å²) >= 11 is 0. The average molecular weight is 376 g/mol. The Morgan fingerprint density at radius 3 is 2.50 bits per heavy atom. The highest BCUT2D eigenvalue weighted by molar-refractivity contribution is 6.12. The van der Waals surface area contributed by atoms with E-state index in [4.69, 9.17) is 0 Å². The number of rotatable bonds is 5. The van der Waals surface area contributed by atoms with Crippen molar-refractivity contribution in [1.29, 1.82) is 0 Å². The zero-order valence-electron chi connectivity index (χ0n) is 14.7. The van der Waals surface area contributed by atoms with Crippen molar-refractivity contribution in [3.63, 3.8) is 0 Å². The fraction of sp³-hybridized carbons (Fsp3) is 0.105.